The molecule has 0 N–H and O–H groups in total. The van der Waals surface area contributed by atoms with Crippen molar-refractivity contribution in [1.82, 2.24) is 0 Å². The van der Waals surface area contributed by atoms with Crippen LogP contribution >= 0.6 is 0 Å². The van der Waals surface area contributed by atoms with Gasteiger partial charge in [0.1, 0.15) is 0 Å². The van der Waals surface area contributed by atoms with Crippen LogP contribution in [0.1, 0.15) is 27.7 Å². The Morgan fingerprint density at radius 2 is 1.27 bits per heavy atom. The molecule has 0 saturated heterocycles. The summed E-state index contributed by atoms with van der Waals surface area (Å²) in [5.74, 6) is 0. The van der Waals surface area contributed by atoms with Crippen LogP contribution in [0.4, 0.5) is 0 Å². The maximum atomic E-state index is 2.34. The first kappa shape index (κ1) is 11.0. The molecule has 1 heteroatoms. The van der Waals surface area contributed by atoms with Gasteiger partial charge in [-0.05, 0) is 0 Å². The summed E-state index contributed by atoms with van der Waals surface area (Å²) in [7, 11) is 0. The zero-order valence-electron chi connectivity index (χ0n) is 9.82. The van der Waals surface area contributed by atoms with Gasteiger partial charge in [-0.3, -0.25) is 0 Å². The van der Waals surface area contributed by atoms with E-state index in [4.69, 9.17) is 0 Å². The Bertz CT molecular complexity index is 360. The summed E-state index contributed by atoms with van der Waals surface area (Å²) >= 11 is 1.18. The van der Waals surface area contributed by atoms with E-state index in [1.807, 2.05) is 0 Å². The van der Waals surface area contributed by atoms with E-state index in [2.05, 4.69) is 64.2 Å². The van der Waals surface area contributed by atoms with Crippen molar-refractivity contribution in [3.05, 3.63) is 47.6 Å². The van der Waals surface area contributed by atoms with Crippen molar-refractivity contribution in [3.63, 3.8) is 0 Å². The predicted octanol–water partition coefficient (Wildman–Crippen LogP) is 4.46. The van der Waals surface area contributed by atoms with Gasteiger partial charge in [0.05, 0.1) is 0 Å². The first-order valence-corrected chi connectivity index (χ1v) is 6.45. The van der Waals surface area contributed by atoms with Gasteiger partial charge >= 0.3 is 98.9 Å². The third-order valence-electron chi connectivity index (χ3n) is 3.39. The van der Waals surface area contributed by atoms with E-state index in [0.717, 1.165) is 0 Å². The molecule has 0 nitrogen and oxygen atoms in total. The summed E-state index contributed by atoms with van der Waals surface area (Å²) in [6.45, 7) is 9.15. The summed E-state index contributed by atoms with van der Waals surface area (Å²) in [6.07, 6.45) is 13.5. The topological polar surface area (TPSA) is 0 Å². The quantitative estimate of drug-likeness (QED) is 0.627. The van der Waals surface area contributed by atoms with Crippen LogP contribution in [0.15, 0.2) is 47.6 Å². The van der Waals surface area contributed by atoms with Crippen molar-refractivity contribution in [1.29, 1.82) is 0 Å². The molecule has 2 aliphatic carbocycles. The second kappa shape index (κ2) is 3.50. The Kier molecular flexibility index (Phi) is 2.56. The van der Waals surface area contributed by atoms with E-state index >= 15 is 0 Å². The number of hydrogen-bond acceptors (Lipinski definition) is 0. The molecule has 0 amide bonds. The molecule has 82 valence electrons. The van der Waals surface area contributed by atoms with E-state index in [0.29, 0.717) is 0 Å². The van der Waals surface area contributed by atoms with Crippen LogP contribution in [0.5, 0.6) is 0 Å². The van der Waals surface area contributed by atoms with Crippen molar-refractivity contribution in [2.24, 2.45) is 0 Å². The third-order valence-corrected chi connectivity index (χ3v) is 5.78. The minimum absolute atomic E-state index is 0.249. The van der Waals surface area contributed by atoms with Gasteiger partial charge in [0.2, 0.25) is 0 Å². The first-order chi connectivity index (χ1) is 6.96. The summed E-state index contributed by atoms with van der Waals surface area (Å²) in [5, 5.41) is 0. The molecule has 0 fully saturated rings. The molecule has 2 aliphatic rings. The molecule has 0 aromatic heterocycles. The second-order valence-corrected chi connectivity index (χ2v) is 7.18. The summed E-state index contributed by atoms with van der Waals surface area (Å²) in [4.78, 5) is 0. The van der Waals surface area contributed by atoms with Crippen LogP contribution in [0.3, 0.4) is 0 Å². The van der Waals surface area contributed by atoms with Crippen molar-refractivity contribution < 1.29 is 15.0 Å². The van der Waals surface area contributed by atoms with Crippen LogP contribution in [-0.4, -0.2) is 0 Å². The molecule has 0 aromatic carbocycles. The normalized spacial score (nSPS) is 38.7. The van der Waals surface area contributed by atoms with E-state index in [1.165, 1.54) is 26.1 Å². The molecule has 0 aromatic rings. The molecule has 2 unspecified atom stereocenters. The first-order valence-electron chi connectivity index (χ1n) is 5.34. The van der Waals surface area contributed by atoms with Gasteiger partial charge in [0, 0.05) is 0 Å². The fourth-order valence-electron chi connectivity index (χ4n) is 1.91. The third kappa shape index (κ3) is 1.79. The van der Waals surface area contributed by atoms with E-state index in [1.54, 1.807) is 0 Å². The second-order valence-electron chi connectivity index (χ2n) is 4.61. The van der Waals surface area contributed by atoms with Gasteiger partial charge in [-0.1, -0.05) is 0 Å². The van der Waals surface area contributed by atoms with Crippen molar-refractivity contribution in [2.45, 2.75) is 36.3 Å². The summed E-state index contributed by atoms with van der Waals surface area (Å²) < 4.78 is 0.497. The zero-order valence-corrected chi connectivity index (χ0v) is 10.9. The van der Waals surface area contributed by atoms with Crippen LogP contribution in [0.25, 0.3) is 0 Å². The van der Waals surface area contributed by atoms with Crippen molar-refractivity contribution >= 4 is 0 Å². The molecule has 0 bridgehead atoms. The zero-order chi connectivity index (χ0) is 11.1. The summed E-state index contributed by atoms with van der Waals surface area (Å²) in [6, 6.07) is 0. The van der Waals surface area contributed by atoms with Crippen LogP contribution < -0.4 is 0 Å². The molecule has 0 radical (unpaired) electrons. The van der Waals surface area contributed by atoms with Gasteiger partial charge in [0.25, 0.3) is 0 Å². The Balaban J connectivity index is 2.23. The van der Waals surface area contributed by atoms with Gasteiger partial charge in [-0.2, -0.15) is 0 Å². The number of allylic oxidation sites excluding steroid dienone is 8. The van der Waals surface area contributed by atoms with E-state index < -0.39 is 0 Å². The molecular weight excluding hydrogens is 224 g/mol. The average molecular weight is 242 g/mol. The maximum absolute atomic E-state index is 2.34. The Morgan fingerprint density at radius 3 is 1.53 bits per heavy atom. The van der Waals surface area contributed by atoms with Crippen LogP contribution in [0.2, 0.25) is 8.63 Å². The predicted molar refractivity (Wildman–Crippen MR) is 62.5 cm³/mol. The Labute approximate surface area is 99.0 Å². The van der Waals surface area contributed by atoms with Crippen molar-refractivity contribution in [3.8, 4) is 0 Å². The minimum atomic E-state index is 0.249. The molecule has 2 rings (SSSR count). The molecule has 2 atom stereocenters. The van der Waals surface area contributed by atoms with Gasteiger partial charge < -0.3 is 0 Å². The SMILES string of the molecule is CC1=CC=C[C]1(C)[Fe][C]1(C)C=CC=C1C. The fourth-order valence-corrected chi connectivity index (χ4v) is 4.11. The number of hydrogen-bond donors (Lipinski definition) is 0. The van der Waals surface area contributed by atoms with Gasteiger partial charge in [0.15, 0.2) is 0 Å². The summed E-state index contributed by atoms with van der Waals surface area (Å²) in [5.41, 5.74) is 2.97. The monoisotopic (exact) mass is 242 g/mol. The Hall–Kier alpha value is -0.521. The van der Waals surface area contributed by atoms with Crippen LogP contribution in [0, 0.1) is 0 Å². The van der Waals surface area contributed by atoms with E-state index in [-0.39, 0.29) is 8.63 Å². The standard InChI is InChI=1S/2C7H9.Fe/c2*1-6-4-3-5-7(6)2;/h2*3-5H,1-2H3;. The molecule has 0 spiro atoms. The number of rotatable bonds is 2. The molecular formula is C14H18Fe. The molecule has 0 aliphatic heterocycles. The fraction of sp³-hybridized carbons (Fsp3) is 0.429. The molecule has 0 heterocycles. The molecule has 0 saturated carbocycles. The van der Waals surface area contributed by atoms with Gasteiger partial charge in [-0.15, -0.1) is 0 Å². The van der Waals surface area contributed by atoms with E-state index in [9.17, 15) is 0 Å². The molecule has 15 heavy (non-hydrogen) atoms. The van der Waals surface area contributed by atoms with Crippen LogP contribution in [-0.2, 0) is 15.0 Å². The van der Waals surface area contributed by atoms with Gasteiger partial charge in [-0.25, -0.2) is 0 Å². The van der Waals surface area contributed by atoms with Crippen molar-refractivity contribution in [2.75, 3.05) is 0 Å². The average Bonchev–Trinajstić information content (AvgIpc) is 2.61. The Morgan fingerprint density at radius 1 is 0.867 bits per heavy atom.